The number of nitrogens with zero attached hydrogens (tertiary/aromatic N) is 2. The minimum absolute atomic E-state index is 0.00511. The van der Waals surface area contributed by atoms with Gasteiger partial charge in [-0.3, -0.25) is 14.6 Å². The number of carbonyl (C=O) groups excluding carboxylic acids is 2. The molecule has 1 N–H and O–H groups in total. The number of carbonyl (C=O) groups is 2. The van der Waals surface area contributed by atoms with Crippen LogP contribution in [0.2, 0.25) is 0 Å². The molecule has 1 saturated heterocycles. The van der Waals surface area contributed by atoms with Crippen molar-refractivity contribution < 1.29 is 35.9 Å². The van der Waals surface area contributed by atoms with Gasteiger partial charge in [-0.2, -0.15) is 4.31 Å². The summed E-state index contributed by atoms with van der Waals surface area (Å²) in [5.41, 5.74) is 2.11. The molecular weight excluding hydrogens is 667 g/mol. The van der Waals surface area contributed by atoms with Crippen LogP contribution in [0.4, 0.5) is 13.2 Å². The third-order valence-corrected chi connectivity index (χ3v) is 12.3. The number of nitrogens with one attached hydrogen (secondary N) is 1. The Labute approximate surface area is 293 Å². The molecule has 5 rings (SSSR count). The second-order valence-corrected chi connectivity index (χ2v) is 16.1. The third kappa shape index (κ3) is 8.85. The minimum atomic E-state index is -4.86. The maximum atomic E-state index is 13.7. The number of ketones is 1. The fourth-order valence-corrected chi connectivity index (χ4v) is 8.99. The summed E-state index contributed by atoms with van der Waals surface area (Å²) in [7, 11) is -3.85. The summed E-state index contributed by atoms with van der Waals surface area (Å²) >= 11 is 0. The Balaban J connectivity index is 1.23. The Kier molecular flexibility index (Phi) is 11.6. The summed E-state index contributed by atoms with van der Waals surface area (Å²) in [6, 6.07) is 8.93. The average Bonchev–Trinajstić information content (AvgIpc) is 3.34. The second kappa shape index (κ2) is 15.4. The Morgan fingerprint density at radius 2 is 1.76 bits per heavy atom. The molecule has 1 saturated carbocycles. The summed E-state index contributed by atoms with van der Waals surface area (Å²) in [6.07, 6.45) is 5.71. The molecule has 2 heterocycles. The van der Waals surface area contributed by atoms with Crippen LogP contribution in [0.3, 0.4) is 0 Å². The standard InChI is InChI=1S/C38H48F3N3O5S/c1-5-9-25(2)28-10-6-7-11-29(15-14-28)34(45)31-22-26(3)33(27(4)23-31)16-21-50(47,48)44-19-17-37(18-20-44)36(46)42-35(43-37)30-12-8-13-32(24-30)49-38(39,40)41/h8,12-13,16,21-25,28-29H,5-7,9-11,14-15,17-20H2,1-4H3,(H,42,43,46)/b21-16+. The molecule has 0 radical (unpaired) electrons. The Morgan fingerprint density at radius 1 is 1.08 bits per heavy atom. The molecule has 1 amide bonds. The highest BCUT2D eigenvalue weighted by Crippen LogP contribution is 2.36. The normalized spacial score (nSPS) is 22.5. The number of hydrogen-bond acceptors (Lipinski definition) is 6. The summed E-state index contributed by atoms with van der Waals surface area (Å²) in [4.78, 5) is 31.3. The summed E-state index contributed by atoms with van der Waals surface area (Å²) in [5, 5.41) is 3.82. The van der Waals surface area contributed by atoms with E-state index in [4.69, 9.17) is 0 Å². The zero-order valence-electron chi connectivity index (χ0n) is 29.3. The van der Waals surface area contributed by atoms with Gasteiger partial charge < -0.3 is 10.1 Å². The molecular formula is C38H48F3N3O5S. The van der Waals surface area contributed by atoms with Gasteiger partial charge >= 0.3 is 6.36 Å². The number of aryl methyl sites for hydroxylation is 2. The number of amidine groups is 1. The van der Waals surface area contributed by atoms with E-state index in [1.807, 2.05) is 26.0 Å². The number of rotatable bonds is 10. The highest BCUT2D eigenvalue weighted by Gasteiger charge is 2.47. The van der Waals surface area contributed by atoms with Crippen molar-refractivity contribution >= 4 is 33.6 Å². The molecule has 2 aliphatic heterocycles. The fraction of sp³-hybridized carbons (Fsp3) is 0.553. The number of aliphatic imine (C=N–C) groups is 1. The number of halogens is 3. The fourth-order valence-electron chi connectivity index (χ4n) is 7.82. The first-order valence-electron chi connectivity index (χ1n) is 17.7. The van der Waals surface area contributed by atoms with Crippen LogP contribution in [0.25, 0.3) is 6.08 Å². The van der Waals surface area contributed by atoms with E-state index in [-0.39, 0.29) is 49.0 Å². The van der Waals surface area contributed by atoms with Crippen LogP contribution in [-0.4, -0.2) is 55.2 Å². The van der Waals surface area contributed by atoms with Gasteiger partial charge in [0.1, 0.15) is 17.1 Å². The maximum Gasteiger partial charge on any atom is 0.573 e. The predicted octanol–water partition coefficient (Wildman–Crippen LogP) is 8.12. The van der Waals surface area contributed by atoms with E-state index < -0.39 is 33.6 Å². The topological polar surface area (TPSA) is 105 Å². The van der Waals surface area contributed by atoms with Crippen molar-refractivity contribution in [3.05, 3.63) is 69.6 Å². The van der Waals surface area contributed by atoms with Gasteiger partial charge in [-0.15, -0.1) is 13.2 Å². The summed E-state index contributed by atoms with van der Waals surface area (Å²) in [6.45, 7) is 8.43. The van der Waals surface area contributed by atoms with E-state index >= 15 is 0 Å². The van der Waals surface area contributed by atoms with Crippen molar-refractivity contribution in [2.45, 2.75) is 104 Å². The number of amides is 1. The lowest BCUT2D eigenvalue weighted by Gasteiger charge is -2.34. The van der Waals surface area contributed by atoms with Crippen molar-refractivity contribution in [1.29, 1.82) is 0 Å². The highest BCUT2D eigenvalue weighted by atomic mass is 32.2. The number of ether oxygens (including phenoxy) is 1. The zero-order chi connectivity index (χ0) is 36.3. The van der Waals surface area contributed by atoms with Gasteiger partial charge in [0.2, 0.25) is 10.0 Å². The van der Waals surface area contributed by atoms with Crippen LogP contribution >= 0.6 is 0 Å². The molecule has 2 fully saturated rings. The molecule has 1 aliphatic carbocycles. The largest absolute Gasteiger partial charge is 0.573 e. The van der Waals surface area contributed by atoms with Crippen LogP contribution in [0.1, 0.15) is 111 Å². The molecule has 3 aliphatic rings. The zero-order valence-corrected chi connectivity index (χ0v) is 30.1. The van der Waals surface area contributed by atoms with Gasteiger partial charge in [0.25, 0.3) is 5.91 Å². The van der Waals surface area contributed by atoms with Crippen molar-refractivity contribution in [2.75, 3.05) is 13.1 Å². The molecule has 2 aromatic rings. The van der Waals surface area contributed by atoms with Gasteiger partial charge in [0.15, 0.2) is 5.78 Å². The lowest BCUT2D eigenvalue weighted by molar-refractivity contribution is -0.274. The van der Waals surface area contributed by atoms with Gasteiger partial charge in [-0.05, 0) is 105 Å². The Hall–Kier alpha value is -3.51. The van der Waals surface area contributed by atoms with Crippen LogP contribution < -0.4 is 10.1 Å². The van der Waals surface area contributed by atoms with Gasteiger partial charge in [-0.1, -0.05) is 58.1 Å². The van der Waals surface area contributed by atoms with Gasteiger partial charge in [0.05, 0.1) is 0 Å². The van der Waals surface area contributed by atoms with Gasteiger partial charge in [0, 0.05) is 35.5 Å². The van der Waals surface area contributed by atoms with Crippen LogP contribution in [-0.2, 0) is 14.8 Å². The number of sulfonamides is 1. The summed E-state index contributed by atoms with van der Waals surface area (Å²) in [5.74, 6) is 0.785. The number of piperidine rings is 1. The average molecular weight is 716 g/mol. The first kappa shape index (κ1) is 37.7. The lowest BCUT2D eigenvalue weighted by Crippen LogP contribution is -2.50. The molecule has 3 unspecified atom stereocenters. The first-order chi connectivity index (χ1) is 23.6. The van der Waals surface area contributed by atoms with E-state index in [2.05, 4.69) is 28.9 Å². The number of hydrogen-bond donors (Lipinski definition) is 1. The molecule has 0 aromatic heterocycles. The van der Waals surface area contributed by atoms with E-state index in [0.29, 0.717) is 17.4 Å². The molecule has 2 aromatic carbocycles. The van der Waals surface area contributed by atoms with Crippen LogP contribution in [0.15, 0.2) is 46.8 Å². The van der Waals surface area contributed by atoms with Gasteiger partial charge in [-0.25, -0.2) is 8.42 Å². The number of alkyl halides is 3. The monoisotopic (exact) mass is 715 g/mol. The minimum Gasteiger partial charge on any atom is -0.406 e. The van der Waals surface area contributed by atoms with Crippen molar-refractivity contribution in [3.8, 4) is 5.75 Å². The maximum absolute atomic E-state index is 13.7. The highest BCUT2D eigenvalue weighted by molar-refractivity contribution is 7.92. The summed E-state index contributed by atoms with van der Waals surface area (Å²) < 4.78 is 70.2. The van der Waals surface area contributed by atoms with Crippen molar-refractivity contribution in [3.63, 3.8) is 0 Å². The van der Waals surface area contributed by atoms with Crippen molar-refractivity contribution in [2.24, 2.45) is 22.7 Å². The molecule has 8 nitrogen and oxygen atoms in total. The van der Waals surface area contributed by atoms with E-state index in [1.165, 1.54) is 41.1 Å². The molecule has 12 heteroatoms. The predicted molar refractivity (Wildman–Crippen MR) is 188 cm³/mol. The first-order valence-corrected chi connectivity index (χ1v) is 19.2. The molecule has 50 heavy (non-hydrogen) atoms. The van der Waals surface area contributed by atoms with E-state index in [9.17, 15) is 31.2 Å². The number of Topliss-reactive ketones (excluding diaryl/α,β-unsaturated/α-hetero) is 1. The second-order valence-electron chi connectivity index (χ2n) is 14.2. The lowest BCUT2D eigenvalue weighted by atomic mass is 9.76. The molecule has 1 spiro atoms. The Morgan fingerprint density at radius 3 is 2.42 bits per heavy atom. The SMILES string of the molecule is CCCC(C)C1CCCCC(C(=O)c2cc(C)c(/C=C/S(=O)(=O)N3CCC4(CC3)N=C(c3cccc(OC(F)(F)F)c3)NC4=O)c(C)c2)CC1. The molecule has 272 valence electrons. The van der Waals surface area contributed by atoms with Crippen LogP contribution in [0.5, 0.6) is 5.75 Å². The van der Waals surface area contributed by atoms with Crippen LogP contribution in [0, 0.1) is 31.6 Å². The molecule has 0 bridgehead atoms. The smallest absolute Gasteiger partial charge is 0.406 e. The third-order valence-electron chi connectivity index (χ3n) is 10.7. The molecule has 3 atom stereocenters. The van der Waals surface area contributed by atoms with Crippen molar-refractivity contribution in [1.82, 2.24) is 9.62 Å². The Bertz CT molecular complexity index is 1720. The van der Waals surface area contributed by atoms with E-state index in [1.54, 1.807) is 6.08 Å². The van der Waals surface area contributed by atoms with E-state index in [0.717, 1.165) is 60.9 Å². The quantitative estimate of drug-likeness (QED) is 0.250. The number of benzene rings is 2.